The highest BCUT2D eigenvalue weighted by Gasteiger charge is 2.36. The minimum Gasteiger partial charge on any atom is -0.212 e. The van der Waals surface area contributed by atoms with Crippen LogP contribution in [0.2, 0.25) is 19.1 Å². The van der Waals surface area contributed by atoms with Crippen LogP contribution in [0.5, 0.6) is 0 Å². The Bertz CT molecular complexity index is 257. The second-order valence-electron chi connectivity index (χ2n) is 4.65. The van der Waals surface area contributed by atoms with E-state index in [1.165, 1.54) is 4.31 Å². The van der Waals surface area contributed by atoms with Crippen molar-refractivity contribution in [2.24, 2.45) is 0 Å². The first-order chi connectivity index (χ1) is 5.61. The summed E-state index contributed by atoms with van der Waals surface area (Å²) in [6.45, 7) is 7.98. The van der Waals surface area contributed by atoms with Gasteiger partial charge in [-0.1, -0.05) is 13.1 Å². The summed E-state index contributed by atoms with van der Waals surface area (Å²) in [5, 5.41) is 0. The van der Waals surface area contributed by atoms with Crippen LogP contribution in [0.3, 0.4) is 0 Å². The first-order valence-corrected chi connectivity index (χ1v) is 9.10. The molecular weight excluding hydrogens is 202 g/mol. The monoisotopic (exact) mass is 223 g/mol. The summed E-state index contributed by atoms with van der Waals surface area (Å²) in [5.41, 5.74) is 0. The molecule has 0 amide bonds. The fourth-order valence-corrected chi connectivity index (χ4v) is 6.38. The molecule has 0 aromatic heterocycles. The molecule has 0 spiro atoms. The van der Waals surface area contributed by atoms with Crippen LogP contribution in [0.4, 0.5) is 0 Å². The van der Waals surface area contributed by atoms with Crippen molar-refractivity contribution >= 4 is 18.8 Å². The molecule has 0 aromatic carbocycles. The molecule has 0 bridgehead atoms. The van der Waals surface area contributed by atoms with Crippen molar-refractivity contribution in [3.8, 4) is 0 Å². The van der Waals surface area contributed by atoms with Gasteiger partial charge < -0.3 is 0 Å². The topological polar surface area (TPSA) is 37.4 Å². The molecule has 0 atom stereocenters. The Morgan fingerprint density at radius 3 is 1.85 bits per heavy atom. The summed E-state index contributed by atoms with van der Waals surface area (Å²) in [6, 6.07) is 0.827. The van der Waals surface area contributed by atoms with Crippen LogP contribution in [0, 0.1) is 0 Å². The second kappa shape index (κ2) is 4.10. The minimum absolute atomic E-state index is 0.600. The third-order valence-corrected chi connectivity index (χ3v) is 6.74. The van der Waals surface area contributed by atoms with Crippen LogP contribution < -0.4 is 0 Å². The van der Waals surface area contributed by atoms with Crippen LogP contribution in [0.15, 0.2) is 0 Å². The Morgan fingerprint density at radius 1 is 1.23 bits per heavy atom. The van der Waals surface area contributed by atoms with Crippen molar-refractivity contribution in [1.82, 2.24) is 4.31 Å². The maximum Gasteiger partial charge on any atom is 0.218 e. The zero-order valence-electron chi connectivity index (χ0n) is 9.46. The minimum atomic E-state index is -3.10. The average Bonchev–Trinajstić information content (AvgIpc) is 1.83. The van der Waals surface area contributed by atoms with Crippen molar-refractivity contribution in [1.29, 1.82) is 0 Å². The van der Waals surface area contributed by atoms with Gasteiger partial charge in [0, 0.05) is 22.9 Å². The van der Waals surface area contributed by atoms with E-state index >= 15 is 0 Å². The molecule has 80 valence electrons. The van der Waals surface area contributed by atoms with Gasteiger partial charge >= 0.3 is 0 Å². The highest BCUT2D eigenvalue weighted by molar-refractivity contribution is 7.90. The van der Waals surface area contributed by atoms with Crippen molar-refractivity contribution in [3.05, 3.63) is 0 Å². The van der Waals surface area contributed by atoms with Crippen LogP contribution in [-0.2, 0) is 10.0 Å². The van der Waals surface area contributed by atoms with Crippen molar-refractivity contribution in [3.63, 3.8) is 0 Å². The zero-order chi connectivity index (χ0) is 10.9. The normalized spacial score (nSPS) is 14.2. The van der Waals surface area contributed by atoms with E-state index in [4.69, 9.17) is 0 Å². The molecule has 13 heavy (non-hydrogen) atoms. The van der Waals surface area contributed by atoms with Crippen molar-refractivity contribution < 1.29 is 8.42 Å². The quantitative estimate of drug-likeness (QED) is 0.670. The van der Waals surface area contributed by atoms with E-state index in [0.717, 1.165) is 6.04 Å². The van der Waals surface area contributed by atoms with E-state index < -0.39 is 23.6 Å². The third kappa shape index (κ3) is 3.07. The van der Waals surface area contributed by atoms with Gasteiger partial charge in [0.15, 0.2) is 0 Å². The number of rotatable bonds is 4. The lowest BCUT2D eigenvalue weighted by molar-refractivity contribution is 0.486. The smallest absolute Gasteiger partial charge is 0.212 e. The Kier molecular flexibility index (Phi) is 4.14. The van der Waals surface area contributed by atoms with E-state index in [9.17, 15) is 8.42 Å². The Labute approximate surface area is 83.8 Å². The maximum atomic E-state index is 11.8. The zero-order valence-corrected chi connectivity index (χ0v) is 11.4. The molecule has 0 unspecified atom stereocenters. The van der Waals surface area contributed by atoms with E-state index in [2.05, 4.69) is 13.1 Å². The molecule has 0 aromatic rings. The van der Waals surface area contributed by atoms with Gasteiger partial charge in [-0.3, -0.25) is 0 Å². The number of hydrogen-bond donors (Lipinski definition) is 0. The van der Waals surface area contributed by atoms with Gasteiger partial charge in [0.25, 0.3) is 0 Å². The standard InChI is InChI=1S/C8H21NO2SSi/c1-8(2,7-13(5)6)12(10,11)9(3)4/h13H,7H2,1-6H3. The molecule has 0 heterocycles. The summed E-state index contributed by atoms with van der Waals surface area (Å²) in [4.78, 5) is 0. The summed E-state index contributed by atoms with van der Waals surface area (Å²) < 4.78 is 24.4. The highest BCUT2D eigenvalue weighted by Crippen LogP contribution is 2.25. The van der Waals surface area contributed by atoms with Crippen LogP contribution in [0.25, 0.3) is 0 Å². The predicted molar refractivity (Wildman–Crippen MR) is 60.4 cm³/mol. The lowest BCUT2D eigenvalue weighted by Gasteiger charge is -2.29. The molecule has 0 saturated carbocycles. The van der Waals surface area contributed by atoms with Crippen molar-refractivity contribution in [2.45, 2.75) is 37.7 Å². The molecule has 0 saturated heterocycles. The fourth-order valence-electron chi connectivity index (χ4n) is 1.58. The van der Waals surface area contributed by atoms with Crippen LogP contribution in [-0.4, -0.2) is 40.4 Å². The fraction of sp³-hybridized carbons (Fsp3) is 1.00. The number of sulfonamides is 1. The first-order valence-electron chi connectivity index (χ1n) is 4.53. The molecule has 3 nitrogen and oxygen atoms in total. The van der Waals surface area contributed by atoms with Crippen LogP contribution >= 0.6 is 0 Å². The summed E-state index contributed by atoms with van der Waals surface area (Å²) >= 11 is 0. The molecule has 0 aliphatic carbocycles. The third-order valence-electron chi connectivity index (χ3n) is 2.08. The molecule has 0 fully saturated rings. The van der Waals surface area contributed by atoms with Gasteiger partial charge in [-0.2, -0.15) is 0 Å². The molecule has 0 radical (unpaired) electrons. The van der Waals surface area contributed by atoms with E-state index in [1.54, 1.807) is 14.1 Å². The largest absolute Gasteiger partial charge is 0.218 e. The average molecular weight is 223 g/mol. The lowest BCUT2D eigenvalue weighted by Crippen LogP contribution is -2.42. The summed E-state index contributed by atoms with van der Waals surface area (Å²) in [7, 11) is -0.753. The van der Waals surface area contributed by atoms with Crippen molar-refractivity contribution in [2.75, 3.05) is 14.1 Å². The van der Waals surface area contributed by atoms with Gasteiger partial charge in [-0.15, -0.1) is 0 Å². The van der Waals surface area contributed by atoms with Gasteiger partial charge in [0.1, 0.15) is 0 Å². The molecule has 0 rings (SSSR count). The first kappa shape index (κ1) is 13.1. The predicted octanol–water partition coefficient (Wildman–Crippen LogP) is 1.14. The van der Waals surface area contributed by atoms with E-state index in [-0.39, 0.29) is 0 Å². The Morgan fingerprint density at radius 2 is 1.62 bits per heavy atom. The second-order valence-corrected chi connectivity index (χ2v) is 10.6. The molecular formula is C8H21NO2SSi. The Hall–Kier alpha value is 0.127. The maximum absolute atomic E-state index is 11.8. The Balaban J connectivity index is 4.83. The lowest BCUT2D eigenvalue weighted by atomic mass is 10.2. The van der Waals surface area contributed by atoms with E-state index in [1.807, 2.05) is 13.8 Å². The molecule has 0 N–H and O–H groups in total. The van der Waals surface area contributed by atoms with Crippen LogP contribution in [0.1, 0.15) is 13.8 Å². The SMILES string of the molecule is CN(C)S(=O)(=O)C(C)(C)C[SiH](C)C. The van der Waals surface area contributed by atoms with Gasteiger partial charge in [0.05, 0.1) is 4.75 Å². The summed E-state index contributed by atoms with van der Waals surface area (Å²) in [5.74, 6) is 0. The van der Waals surface area contributed by atoms with E-state index in [0.29, 0.717) is 0 Å². The summed E-state index contributed by atoms with van der Waals surface area (Å²) in [6.07, 6.45) is 0. The van der Waals surface area contributed by atoms with Gasteiger partial charge in [-0.25, -0.2) is 12.7 Å². The number of nitrogens with zero attached hydrogens (tertiary/aromatic N) is 1. The molecule has 0 aliphatic rings. The molecule has 5 heteroatoms. The van der Waals surface area contributed by atoms with Gasteiger partial charge in [-0.05, 0) is 19.9 Å². The number of hydrogen-bond acceptors (Lipinski definition) is 2. The highest BCUT2D eigenvalue weighted by atomic mass is 32.2. The van der Waals surface area contributed by atoms with Gasteiger partial charge in [0.2, 0.25) is 10.0 Å². The molecule has 0 aliphatic heterocycles.